The Bertz CT molecular complexity index is 828. The summed E-state index contributed by atoms with van der Waals surface area (Å²) in [5.41, 5.74) is -0.0515. The number of aromatic nitrogens is 1. The number of benzene rings is 1. The van der Waals surface area contributed by atoms with Crippen molar-refractivity contribution in [2.75, 3.05) is 14.2 Å². The van der Waals surface area contributed by atoms with Crippen molar-refractivity contribution in [3.05, 3.63) is 35.5 Å². The third kappa shape index (κ3) is 1.86. The molecular formula is C17H16N2O4. The van der Waals surface area contributed by atoms with E-state index in [1.54, 1.807) is 0 Å². The molecule has 2 heterocycles. The average molecular weight is 312 g/mol. The molecule has 118 valence electrons. The summed E-state index contributed by atoms with van der Waals surface area (Å²) in [6.07, 6.45) is 0.873. The van der Waals surface area contributed by atoms with E-state index < -0.39 is 17.4 Å². The number of nitrogens with zero attached hydrogens (tertiary/aromatic N) is 2. The highest BCUT2D eigenvalue weighted by Gasteiger charge is 2.55. The van der Waals surface area contributed by atoms with E-state index in [0.29, 0.717) is 24.2 Å². The molecule has 6 heteroatoms. The highest BCUT2D eigenvalue weighted by molar-refractivity contribution is 6.08. The molecule has 0 unspecified atom stereocenters. The Hall–Kier alpha value is -2.81. The van der Waals surface area contributed by atoms with Crippen LogP contribution < -0.4 is 0 Å². The largest absolute Gasteiger partial charge is 0.468 e. The van der Waals surface area contributed by atoms with Gasteiger partial charge in [0.25, 0.3) is 0 Å². The molecule has 1 aromatic heterocycles. The molecule has 0 saturated heterocycles. The minimum atomic E-state index is -1.59. The molecule has 1 aromatic carbocycles. The van der Waals surface area contributed by atoms with Crippen molar-refractivity contribution >= 4 is 22.8 Å². The van der Waals surface area contributed by atoms with E-state index >= 15 is 0 Å². The van der Waals surface area contributed by atoms with Gasteiger partial charge >= 0.3 is 11.9 Å². The third-order valence-corrected chi connectivity index (χ3v) is 4.49. The molecule has 0 saturated carbocycles. The number of para-hydroxylation sites is 1. The summed E-state index contributed by atoms with van der Waals surface area (Å²) in [5, 5.41) is 10.4. The molecule has 2 aromatic rings. The molecule has 0 N–H and O–H groups in total. The first kappa shape index (κ1) is 15.1. The van der Waals surface area contributed by atoms with Crippen LogP contribution in [0.1, 0.15) is 24.1 Å². The summed E-state index contributed by atoms with van der Waals surface area (Å²) >= 11 is 0. The molecule has 0 spiro atoms. The number of esters is 2. The van der Waals surface area contributed by atoms with Crippen molar-refractivity contribution in [2.24, 2.45) is 0 Å². The number of methoxy groups -OCH3 is 2. The highest BCUT2D eigenvalue weighted by Crippen LogP contribution is 2.42. The van der Waals surface area contributed by atoms with Gasteiger partial charge in [-0.25, -0.2) is 0 Å². The number of ether oxygens (including phenoxy) is 2. The second kappa shape index (κ2) is 5.43. The quantitative estimate of drug-likeness (QED) is 0.625. The number of carbonyl (C=O) groups excluding carboxylic acids is 2. The van der Waals surface area contributed by atoms with Crippen LogP contribution in [0.15, 0.2) is 24.3 Å². The Labute approximate surface area is 133 Å². The maximum absolute atomic E-state index is 12.6. The van der Waals surface area contributed by atoms with E-state index in [1.807, 2.05) is 28.8 Å². The number of hydrogen-bond donors (Lipinski definition) is 0. The second-order valence-corrected chi connectivity index (χ2v) is 5.50. The van der Waals surface area contributed by atoms with Crippen molar-refractivity contribution in [3.8, 4) is 6.07 Å². The summed E-state index contributed by atoms with van der Waals surface area (Å²) in [6, 6.07) is 9.54. The first-order chi connectivity index (χ1) is 11.1. The van der Waals surface area contributed by atoms with Crippen LogP contribution in [0.2, 0.25) is 0 Å². The van der Waals surface area contributed by atoms with Gasteiger partial charge in [-0.2, -0.15) is 5.26 Å². The number of carbonyl (C=O) groups is 2. The highest BCUT2D eigenvalue weighted by atomic mass is 16.5. The summed E-state index contributed by atoms with van der Waals surface area (Å²) in [6.45, 7) is 0.632. The minimum absolute atomic E-state index is 0.261. The van der Waals surface area contributed by atoms with Gasteiger partial charge < -0.3 is 14.0 Å². The zero-order valence-corrected chi connectivity index (χ0v) is 13.0. The van der Waals surface area contributed by atoms with Gasteiger partial charge in [0.1, 0.15) is 6.07 Å². The van der Waals surface area contributed by atoms with E-state index in [0.717, 1.165) is 10.9 Å². The molecular weight excluding hydrogens is 296 g/mol. The van der Waals surface area contributed by atoms with Crippen LogP contribution in [0.25, 0.3) is 10.9 Å². The van der Waals surface area contributed by atoms with Gasteiger partial charge in [-0.1, -0.05) is 18.2 Å². The summed E-state index contributed by atoms with van der Waals surface area (Å²) in [5.74, 6) is -1.38. The van der Waals surface area contributed by atoms with Crippen molar-refractivity contribution < 1.29 is 19.1 Å². The predicted molar refractivity (Wildman–Crippen MR) is 81.6 cm³/mol. The molecule has 0 fully saturated rings. The number of nitriles is 1. The van der Waals surface area contributed by atoms with Gasteiger partial charge in [0.2, 0.25) is 5.41 Å². The fourth-order valence-electron chi connectivity index (χ4n) is 3.54. The van der Waals surface area contributed by atoms with Crippen LogP contribution in [0.4, 0.5) is 0 Å². The molecule has 3 rings (SSSR count). The Morgan fingerprint density at radius 1 is 1.22 bits per heavy atom. The average Bonchev–Trinajstić information content (AvgIpc) is 2.94. The van der Waals surface area contributed by atoms with Crippen LogP contribution >= 0.6 is 0 Å². The van der Waals surface area contributed by atoms with Gasteiger partial charge in [-0.15, -0.1) is 0 Å². The first-order valence-corrected chi connectivity index (χ1v) is 7.30. The molecule has 1 aliphatic heterocycles. The molecule has 1 aliphatic rings. The number of rotatable bonds is 2. The van der Waals surface area contributed by atoms with Gasteiger partial charge in [-0.05, 0) is 18.9 Å². The molecule has 23 heavy (non-hydrogen) atoms. The van der Waals surface area contributed by atoms with Crippen molar-refractivity contribution in [1.82, 2.24) is 4.57 Å². The Morgan fingerprint density at radius 3 is 2.48 bits per heavy atom. The lowest BCUT2D eigenvalue weighted by atomic mass is 9.76. The Morgan fingerprint density at radius 2 is 1.87 bits per heavy atom. The Kier molecular flexibility index (Phi) is 3.57. The van der Waals surface area contributed by atoms with E-state index in [1.165, 1.54) is 14.2 Å². The second-order valence-electron chi connectivity index (χ2n) is 5.50. The standard InChI is InChI=1S/C17H16N2O4/c1-22-15(20)17(16(21)23-2)8-5-9-19-13-7-4-3-6-11(13)12(10-18)14(17)19/h3-4,6-7H,5,8-9H2,1-2H3. The van der Waals surface area contributed by atoms with E-state index in [4.69, 9.17) is 9.47 Å². The van der Waals surface area contributed by atoms with Crippen LogP contribution in [0.5, 0.6) is 0 Å². The number of fused-ring (bicyclic) bond motifs is 3. The topological polar surface area (TPSA) is 81.3 Å². The van der Waals surface area contributed by atoms with E-state index in [9.17, 15) is 14.9 Å². The minimum Gasteiger partial charge on any atom is -0.468 e. The van der Waals surface area contributed by atoms with Crippen LogP contribution in [0, 0.1) is 11.3 Å². The summed E-state index contributed by atoms with van der Waals surface area (Å²) < 4.78 is 11.7. The fourth-order valence-corrected chi connectivity index (χ4v) is 3.54. The predicted octanol–water partition coefficient (Wildman–Crippen LogP) is 1.89. The monoisotopic (exact) mass is 312 g/mol. The van der Waals surface area contributed by atoms with E-state index in [-0.39, 0.29) is 6.42 Å². The van der Waals surface area contributed by atoms with Crippen LogP contribution in [-0.4, -0.2) is 30.7 Å². The number of hydrogen-bond acceptors (Lipinski definition) is 5. The SMILES string of the molecule is COC(=O)C1(C(=O)OC)CCCn2c1c(C#N)c1ccccc12. The van der Waals surface area contributed by atoms with Gasteiger partial charge in [0.05, 0.1) is 25.5 Å². The van der Waals surface area contributed by atoms with Crippen molar-refractivity contribution in [1.29, 1.82) is 5.26 Å². The van der Waals surface area contributed by atoms with Gasteiger partial charge in [-0.3, -0.25) is 9.59 Å². The van der Waals surface area contributed by atoms with Crippen molar-refractivity contribution in [2.45, 2.75) is 24.8 Å². The molecule has 6 nitrogen and oxygen atoms in total. The molecule has 0 atom stereocenters. The third-order valence-electron chi connectivity index (χ3n) is 4.49. The maximum Gasteiger partial charge on any atom is 0.329 e. The lowest BCUT2D eigenvalue weighted by Gasteiger charge is -2.33. The van der Waals surface area contributed by atoms with Crippen LogP contribution in [0.3, 0.4) is 0 Å². The van der Waals surface area contributed by atoms with Crippen molar-refractivity contribution in [3.63, 3.8) is 0 Å². The zero-order valence-electron chi connectivity index (χ0n) is 13.0. The fraction of sp³-hybridized carbons (Fsp3) is 0.353. The zero-order chi connectivity index (χ0) is 16.6. The lowest BCUT2D eigenvalue weighted by Crippen LogP contribution is -2.49. The molecule has 0 amide bonds. The molecule has 0 radical (unpaired) electrons. The first-order valence-electron chi connectivity index (χ1n) is 7.30. The number of aryl methyl sites for hydroxylation is 1. The summed E-state index contributed by atoms with van der Waals surface area (Å²) in [7, 11) is 2.47. The van der Waals surface area contributed by atoms with E-state index in [2.05, 4.69) is 6.07 Å². The smallest absolute Gasteiger partial charge is 0.329 e. The van der Waals surface area contributed by atoms with Gasteiger partial charge in [0, 0.05) is 17.4 Å². The Balaban J connectivity index is 2.44. The lowest BCUT2D eigenvalue weighted by molar-refractivity contribution is -0.163. The molecule has 0 aliphatic carbocycles. The van der Waals surface area contributed by atoms with Gasteiger partial charge in [0.15, 0.2) is 0 Å². The van der Waals surface area contributed by atoms with Crippen LogP contribution in [-0.2, 0) is 31.0 Å². The summed E-state index contributed by atoms with van der Waals surface area (Å²) in [4.78, 5) is 25.1. The molecule has 0 bridgehead atoms. The maximum atomic E-state index is 12.6. The normalized spacial score (nSPS) is 15.5.